The highest BCUT2D eigenvalue weighted by Gasteiger charge is 2.19. The highest BCUT2D eigenvalue weighted by Crippen LogP contribution is 2.15. The summed E-state index contributed by atoms with van der Waals surface area (Å²) >= 11 is 0. The lowest BCUT2D eigenvalue weighted by Gasteiger charge is -2.18. The first kappa shape index (κ1) is 60.6. The summed E-state index contributed by atoms with van der Waals surface area (Å²) in [6, 6.07) is 0. The van der Waals surface area contributed by atoms with Crippen LogP contribution >= 0.6 is 0 Å². The van der Waals surface area contributed by atoms with Crippen LogP contribution < -0.4 is 0 Å². The maximum Gasteiger partial charge on any atom is 0.306 e. The highest BCUT2D eigenvalue weighted by atomic mass is 16.6. The van der Waals surface area contributed by atoms with E-state index in [9.17, 15) is 14.4 Å². The van der Waals surface area contributed by atoms with Crippen LogP contribution in [-0.2, 0) is 28.6 Å². The van der Waals surface area contributed by atoms with Gasteiger partial charge in [0.15, 0.2) is 6.10 Å². The first-order chi connectivity index (χ1) is 31.0. The van der Waals surface area contributed by atoms with E-state index in [1.165, 1.54) is 180 Å². The van der Waals surface area contributed by atoms with Crippen LogP contribution in [0.3, 0.4) is 0 Å². The number of ether oxygens (including phenoxy) is 3. The van der Waals surface area contributed by atoms with Gasteiger partial charge in [0, 0.05) is 19.3 Å². The fraction of sp³-hybridized carbons (Fsp3) is 0.842. The lowest BCUT2D eigenvalue weighted by atomic mass is 10.1. The highest BCUT2D eigenvalue weighted by molar-refractivity contribution is 5.71. The van der Waals surface area contributed by atoms with E-state index in [1.807, 2.05) is 0 Å². The molecule has 1 atom stereocenters. The molecule has 368 valence electrons. The Bertz CT molecular complexity index is 1060. The van der Waals surface area contributed by atoms with Crippen molar-refractivity contribution in [2.24, 2.45) is 0 Å². The molecule has 0 aliphatic rings. The molecule has 0 aliphatic heterocycles. The molecule has 0 amide bonds. The van der Waals surface area contributed by atoms with Crippen molar-refractivity contribution in [1.82, 2.24) is 0 Å². The minimum Gasteiger partial charge on any atom is -0.462 e. The fourth-order valence-electron chi connectivity index (χ4n) is 7.94. The second kappa shape index (κ2) is 52.3. The maximum atomic E-state index is 12.8. The zero-order chi connectivity index (χ0) is 45.8. The minimum atomic E-state index is -0.774. The van der Waals surface area contributed by atoms with Gasteiger partial charge in [0.05, 0.1) is 0 Å². The first-order valence-corrected chi connectivity index (χ1v) is 27.5. The number of carbonyl (C=O) groups is 3. The molecule has 0 N–H and O–H groups in total. The van der Waals surface area contributed by atoms with E-state index in [2.05, 4.69) is 57.2 Å². The maximum absolute atomic E-state index is 12.8. The molecular formula is C57H104O6. The molecule has 0 aliphatic carbocycles. The van der Waals surface area contributed by atoms with Gasteiger partial charge in [-0.2, -0.15) is 0 Å². The first-order valence-electron chi connectivity index (χ1n) is 27.5. The van der Waals surface area contributed by atoms with E-state index in [0.717, 1.165) is 70.6 Å². The summed E-state index contributed by atoms with van der Waals surface area (Å²) in [6.45, 7) is 6.62. The quantitative estimate of drug-likeness (QED) is 0.0262. The smallest absolute Gasteiger partial charge is 0.306 e. The Hall–Kier alpha value is -2.37. The standard InChI is InChI=1S/C57H104O6/c1-4-7-10-13-16-19-22-24-26-28-30-32-35-38-41-44-47-50-56(59)62-53-54(52-61-55(58)49-46-43-40-37-34-21-18-15-12-9-6-3)63-57(60)51-48-45-42-39-36-33-31-29-27-25-23-20-17-14-11-8-5-2/h16,19,24-27,54H,4-15,17-18,20-23,28-53H2,1-3H3/b19-16-,26-24-,27-25-/t54-/m0/s1. The molecular weight excluding hydrogens is 781 g/mol. The van der Waals surface area contributed by atoms with Crippen molar-refractivity contribution in [2.75, 3.05) is 13.2 Å². The second-order valence-corrected chi connectivity index (χ2v) is 18.5. The van der Waals surface area contributed by atoms with Gasteiger partial charge in [0.2, 0.25) is 0 Å². The molecule has 63 heavy (non-hydrogen) atoms. The van der Waals surface area contributed by atoms with E-state index in [-0.39, 0.29) is 31.1 Å². The Morgan fingerprint density at radius 1 is 0.317 bits per heavy atom. The van der Waals surface area contributed by atoms with Crippen molar-refractivity contribution in [3.05, 3.63) is 36.5 Å². The number of esters is 3. The molecule has 0 unspecified atom stereocenters. The number of carbonyl (C=O) groups excluding carboxylic acids is 3. The second-order valence-electron chi connectivity index (χ2n) is 18.5. The van der Waals surface area contributed by atoms with Crippen molar-refractivity contribution < 1.29 is 28.6 Å². The number of allylic oxidation sites excluding steroid dienone is 6. The average Bonchev–Trinajstić information content (AvgIpc) is 3.28. The number of hydrogen-bond donors (Lipinski definition) is 0. The van der Waals surface area contributed by atoms with Crippen LogP contribution in [0.15, 0.2) is 36.5 Å². The zero-order valence-electron chi connectivity index (χ0n) is 42.1. The Kier molecular flexibility index (Phi) is 50.3. The van der Waals surface area contributed by atoms with E-state index >= 15 is 0 Å². The van der Waals surface area contributed by atoms with E-state index in [4.69, 9.17) is 14.2 Å². The van der Waals surface area contributed by atoms with Gasteiger partial charge < -0.3 is 14.2 Å². The Labute approximate surface area is 391 Å². The Morgan fingerprint density at radius 3 is 0.921 bits per heavy atom. The van der Waals surface area contributed by atoms with Crippen LogP contribution in [0.4, 0.5) is 0 Å². The summed E-state index contributed by atoms with van der Waals surface area (Å²) in [5, 5.41) is 0. The van der Waals surface area contributed by atoms with Gasteiger partial charge in [-0.1, -0.05) is 231 Å². The molecule has 0 rings (SSSR count). The van der Waals surface area contributed by atoms with Gasteiger partial charge in [-0.15, -0.1) is 0 Å². The average molecular weight is 885 g/mol. The van der Waals surface area contributed by atoms with Gasteiger partial charge in [-0.05, 0) is 77.0 Å². The Balaban J connectivity index is 4.34. The minimum absolute atomic E-state index is 0.0733. The molecule has 0 heterocycles. The summed E-state index contributed by atoms with van der Waals surface area (Å²) in [4.78, 5) is 38.0. The van der Waals surface area contributed by atoms with Crippen LogP contribution in [0.1, 0.15) is 290 Å². The Morgan fingerprint density at radius 2 is 0.571 bits per heavy atom. The zero-order valence-corrected chi connectivity index (χ0v) is 42.1. The van der Waals surface area contributed by atoms with Crippen molar-refractivity contribution in [2.45, 2.75) is 297 Å². The van der Waals surface area contributed by atoms with Crippen LogP contribution in [-0.4, -0.2) is 37.2 Å². The SMILES string of the molecule is CCCCC/C=C\C/C=C\CCCCCCCCCC(=O)OC[C@H](COC(=O)CCCCCCCCCCCCC)OC(=O)CCCCCCCCC/C=C\CCCCCCCC. The van der Waals surface area contributed by atoms with E-state index < -0.39 is 6.10 Å². The van der Waals surface area contributed by atoms with Crippen LogP contribution in [0.2, 0.25) is 0 Å². The lowest BCUT2D eigenvalue weighted by Crippen LogP contribution is -2.30. The lowest BCUT2D eigenvalue weighted by molar-refractivity contribution is -0.167. The van der Waals surface area contributed by atoms with Gasteiger partial charge in [-0.25, -0.2) is 0 Å². The molecule has 0 aromatic rings. The molecule has 6 nitrogen and oxygen atoms in total. The third-order valence-electron chi connectivity index (χ3n) is 12.1. The monoisotopic (exact) mass is 885 g/mol. The molecule has 0 aromatic heterocycles. The van der Waals surface area contributed by atoms with Crippen molar-refractivity contribution in [3.8, 4) is 0 Å². The third-order valence-corrected chi connectivity index (χ3v) is 12.1. The topological polar surface area (TPSA) is 78.9 Å². The predicted octanol–water partition coefficient (Wildman–Crippen LogP) is 18.1. The molecule has 0 radical (unpaired) electrons. The molecule has 0 spiro atoms. The van der Waals surface area contributed by atoms with Gasteiger partial charge >= 0.3 is 17.9 Å². The third kappa shape index (κ3) is 50.5. The summed E-state index contributed by atoms with van der Waals surface area (Å²) in [6.07, 6.45) is 61.2. The van der Waals surface area contributed by atoms with Crippen molar-refractivity contribution >= 4 is 17.9 Å². The van der Waals surface area contributed by atoms with E-state index in [0.29, 0.717) is 19.3 Å². The van der Waals surface area contributed by atoms with Gasteiger partial charge in [0.1, 0.15) is 13.2 Å². The van der Waals surface area contributed by atoms with Crippen LogP contribution in [0.5, 0.6) is 0 Å². The molecule has 6 heteroatoms. The molecule has 0 aromatic carbocycles. The summed E-state index contributed by atoms with van der Waals surface area (Å²) in [5.74, 6) is -0.874. The van der Waals surface area contributed by atoms with Crippen LogP contribution in [0, 0.1) is 0 Å². The molecule has 0 fully saturated rings. The van der Waals surface area contributed by atoms with Gasteiger partial charge in [-0.3, -0.25) is 14.4 Å². The van der Waals surface area contributed by atoms with Crippen LogP contribution in [0.25, 0.3) is 0 Å². The summed E-state index contributed by atoms with van der Waals surface area (Å²) in [5.41, 5.74) is 0. The van der Waals surface area contributed by atoms with Crippen molar-refractivity contribution in [1.29, 1.82) is 0 Å². The largest absolute Gasteiger partial charge is 0.462 e. The summed E-state index contributed by atoms with van der Waals surface area (Å²) < 4.78 is 16.8. The number of unbranched alkanes of at least 4 members (excludes halogenated alkanes) is 33. The number of hydrogen-bond acceptors (Lipinski definition) is 6. The molecule has 0 saturated heterocycles. The predicted molar refractivity (Wildman–Crippen MR) is 270 cm³/mol. The summed E-state index contributed by atoms with van der Waals surface area (Å²) in [7, 11) is 0. The number of rotatable bonds is 50. The molecule has 0 saturated carbocycles. The fourth-order valence-corrected chi connectivity index (χ4v) is 7.94. The van der Waals surface area contributed by atoms with E-state index in [1.54, 1.807) is 0 Å². The van der Waals surface area contributed by atoms with Crippen molar-refractivity contribution in [3.63, 3.8) is 0 Å². The normalized spacial score (nSPS) is 12.2. The van der Waals surface area contributed by atoms with Gasteiger partial charge in [0.25, 0.3) is 0 Å². The molecule has 0 bridgehead atoms.